The van der Waals surface area contributed by atoms with Gasteiger partial charge in [0.25, 0.3) is 0 Å². The highest BCUT2D eigenvalue weighted by molar-refractivity contribution is 7.11. The Morgan fingerprint density at radius 2 is 1.95 bits per heavy atom. The number of ether oxygens (including phenoxy) is 1. The van der Waals surface area contributed by atoms with Crippen LogP contribution in [0, 0.1) is 12.8 Å². The number of hydrogen-bond acceptors (Lipinski definition) is 8. The molecule has 0 spiro atoms. The van der Waals surface area contributed by atoms with Crippen LogP contribution in [0.2, 0.25) is 0 Å². The zero-order valence-corrected chi connectivity index (χ0v) is 24.4. The number of likely N-dealkylation sites (tertiary alicyclic amines) is 1. The molecule has 1 aliphatic carbocycles. The van der Waals surface area contributed by atoms with E-state index in [-0.39, 0.29) is 36.8 Å². The molecule has 2 aliphatic heterocycles. The number of aliphatic hydroxyl groups excluding tert-OH is 1. The third-order valence-corrected chi connectivity index (χ3v) is 8.45. The smallest absolute Gasteiger partial charge is 0.410 e. The van der Waals surface area contributed by atoms with Crippen LogP contribution in [0.4, 0.5) is 4.79 Å². The van der Waals surface area contributed by atoms with Crippen LogP contribution in [0.25, 0.3) is 5.57 Å². The van der Waals surface area contributed by atoms with Gasteiger partial charge >= 0.3 is 6.09 Å². The average Bonchev–Trinajstić information content (AvgIpc) is 3.51. The fourth-order valence-corrected chi connectivity index (χ4v) is 6.06. The van der Waals surface area contributed by atoms with E-state index >= 15 is 0 Å². The van der Waals surface area contributed by atoms with Gasteiger partial charge in [0.05, 0.1) is 28.2 Å². The minimum absolute atomic E-state index is 0.142. The number of nitrogens with one attached hydrogen (secondary N) is 1. The van der Waals surface area contributed by atoms with Crippen LogP contribution in [0.15, 0.2) is 23.7 Å². The van der Waals surface area contributed by atoms with Gasteiger partial charge in [-0.1, -0.05) is 18.2 Å². The molecule has 0 radical (unpaired) electrons. The lowest BCUT2D eigenvalue weighted by Gasteiger charge is -2.39. The molecule has 11 heteroatoms. The highest BCUT2D eigenvalue weighted by atomic mass is 32.1. The predicted molar refractivity (Wildman–Crippen MR) is 150 cm³/mol. The SMILES string of the molecule is Cc1ncsc1C1=CCC(CNC(=O)[C@@H]2C[C@@H](O)CN2C(=O)[C@H](C)N2CCN(C(=O)OC(C)(C)C)CC2)C=C1. The van der Waals surface area contributed by atoms with Gasteiger partial charge in [0.1, 0.15) is 11.6 Å². The number of aromatic nitrogens is 1. The van der Waals surface area contributed by atoms with Crippen molar-refractivity contribution in [3.63, 3.8) is 0 Å². The van der Waals surface area contributed by atoms with Crippen molar-refractivity contribution in [2.45, 2.75) is 71.2 Å². The van der Waals surface area contributed by atoms with Crippen molar-refractivity contribution in [3.05, 3.63) is 34.3 Å². The maximum absolute atomic E-state index is 13.5. The number of piperazine rings is 1. The van der Waals surface area contributed by atoms with Gasteiger partial charge in [0.15, 0.2) is 0 Å². The first-order valence-electron chi connectivity index (χ1n) is 13.7. The second-order valence-electron chi connectivity index (χ2n) is 11.6. The molecular formula is C28H41N5O5S. The number of amides is 3. The number of allylic oxidation sites excluding steroid dienone is 3. The maximum Gasteiger partial charge on any atom is 0.410 e. The zero-order valence-electron chi connectivity index (χ0n) is 23.6. The van der Waals surface area contributed by atoms with E-state index in [1.807, 2.05) is 45.0 Å². The minimum atomic E-state index is -0.733. The molecule has 3 amide bonds. The van der Waals surface area contributed by atoms with Crippen molar-refractivity contribution in [1.82, 2.24) is 25.0 Å². The summed E-state index contributed by atoms with van der Waals surface area (Å²) in [5.41, 5.74) is 3.47. The molecule has 0 bridgehead atoms. The Bertz CT molecular complexity index is 1120. The van der Waals surface area contributed by atoms with E-state index in [9.17, 15) is 19.5 Å². The molecule has 1 aromatic rings. The molecule has 39 heavy (non-hydrogen) atoms. The monoisotopic (exact) mass is 559 g/mol. The normalized spacial score (nSPS) is 24.9. The summed E-state index contributed by atoms with van der Waals surface area (Å²) < 4.78 is 5.46. The third-order valence-electron chi connectivity index (χ3n) is 7.47. The molecule has 1 aromatic heterocycles. The van der Waals surface area contributed by atoms with Crippen LogP contribution in [0.1, 0.15) is 51.1 Å². The summed E-state index contributed by atoms with van der Waals surface area (Å²) in [5, 5.41) is 13.3. The van der Waals surface area contributed by atoms with Crippen molar-refractivity contribution < 1.29 is 24.2 Å². The van der Waals surface area contributed by atoms with Gasteiger partial charge in [0.2, 0.25) is 11.8 Å². The first-order valence-corrected chi connectivity index (χ1v) is 14.6. The lowest BCUT2D eigenvalue weighted by atomic mass is 9.95. The van der Waals surface area contributed by atoms with E-state index < -0.39 is 23.8 Å². The van der Waals surface area contributed by atoms with E-state index in [0.29, 0.717) is 32.7 Å². The Kier molecular flexibility index (Phi) is 9.13. The number of thiazole rings is 1. The summed E-state index contributed by atoms with van der Waals surface area (Å²) in [6.45, 7) is 11.9. The highest BCUT2D eigenvalue weighted by Crippen LogP contribution is 2.29. The summed E-state index contributed by atoms with van der Waals surface area (Å²) in [6, 6.07) is -1.16. The number of carbonyl (C=O) groups is 3. The molecule has 0 aromatic carbocycles. The van der Waals surface area contributed by atoms with E-state index in [2.05, 4.69) is 28.5 Å². The Balaban J connectivity index is 1.27. The van der Waals surface area contributed by atoms with Gasteiger partial charge < -0.3 is 25.0 Å². The Morgan fingerprint density at radius 1 is 1.23 bits per heavy atom. The number of nitrogens with zero attached hydrogens (tertiary/aromatic N) is 4. The molecule has 10 nitrogen and oxygen atoms in total. The number of carbonyl (C=O) groups excluding carboxylic acids is 3. The van der Waals surface area contributed by atoms with Gasteiger partial charge in [-0.3, -0.25) is 14.5 Å². The lowest BCUT2D eigenvalue weighted by molar-refractivity contribution is -0.142. The highest BCUT2D eigenvalue weighted by Gasteiger charge is 2.42. The summed E-state index contributed by atoms with van der Waals surface area (Å²) in [7, 11) is 0. The van der Waals surface area contributed by atoms with Crippen LogP contribution in [0.3, 0.4) is 0 Å². The molecular weight excluding hydrogens is 518 g/mol. The largest absolute Gasteiger partial charge is 0.444 e. The molecule has 3 aliphatic rings. The summed E-state index contributed by atoms with van der Waals surface area (Å²) in [4.78, 5) is 49.7. The summed E-state index contributed by atoms with van der Waals surface area (Å²) in [6.07, 6.45) is 6.33. The second-order valence-corrected chi connectivity index (χ2v) is 12.5. The first-order chi connectivity index (χ1) is 18.4. The molecule has 4 rings (SSSR count). The quantitative estimate of drug-likeness (QED) is 0.550. The predicted octanol–water partition coefficient (Wildman–Crippen LogP) is 2.43. The van der Waals surface area contributed by atoms with Crippen LogP contribution in [0.5, 0.6) is 0 Å². The number of β-amino-alcohol motifs (C(OH)–C–C–N with tert-alkyl or cyclic N) is 1. The molecule has 3 heterocycles. The van der Waals surface area contributed by atoms with Gasteiger partial charge in [-0.2, -0.15) is 0 Å². The number of aliphatic hydroxyl groups is 1. The number of rotatable bonds is 6. The third kappa shape index (κ3) is 7.26. The van der Waals surface area contributed by atoms with Crippen molar-refractivity contribution in [2.75, 3.05) is 39.3 Å². The maximum atomic E-state index is 13.5. The fourth-order valence-electron chi connectivity index (χ4n) is 5.23. The molecule has 2 fully saturated rings. The second kappa shape index (κ2) is 12.2. The standard InChI is InChI=1S/C28H41N5O5S/c1-18-24(39-17-30-18)21-8-6-20(7-9-21)15-29-25(35)23-14-22(34)16-33(23)26(36)19(2)31-10-12-32(13-11-31)27(37)38-28(3,4)5/h6,8-9,17,19-20,22-23,34H,7,10-16H2,1-5H3,(H,29,35)/t19-,20?,22+,23-/m0/s1. The van der Waals surface area contributed by atoms with E-state index in [1.165, 1.54) is 9.78 Å². The van der Waals surface area contributed by atoms with E-state index in [0.717, 1.165) is 17.7 Å². The Labute approximate surface area is 234 Å². The fraction of sp³-hybridized carbons (Fsp3) is 0.643. The van der Waals surface area contributed by atoms with Crippen molar-refractivity contribution >= 4 is 34.8 Å². The van der Waals surface area contributed by atoms with Crippen molar-refractivity contribution in [2.24, 2.45) is 5.92 Å². The zero-order chi connectivity index (χ0) is 28.3. The molecule has 1 unspecified atom stereocenters. The van der Waals surface area contributed by atoms with Crippen LogP contribution < -0.4 is 5.32 Å². The molecule has 2 N–H and O–H groups in total. The van der Waals surface area contributed by atoms with E-state index in [4.69, 9.17) is 4.74 Å². The topological polar surface area (TPSA) is 115 Å². The molecule has 4 atom stereocenters. The van der Waals surface area contributed by atoms with E-state index in [1.54, 1.807) is 16.2 Å². The molecule has 214 valence electrons. The summed E-state index contributed by atoms with van der Waals surface area (Å²) >= 11 is 1.62. The van der Waals surface area contributed by atoms with Gasteiger partial charge in [-0.25, -0.2) is 9.78 Å². The Hall–Kier alpha value is -2.76. The molecule has 0 saturated carbocycles. The van der Waals surface area contributed by atoms with Gasteiger partial charge in [-0.15, -0.1) is 11.3 Å². The number of aryl methyl sites for hydroxylation is 1. The average molecular weight is 560 g/mol. The minimum Gasteiger partial charge on any atom is -0.444 e. The van der Waals surface area contributed by atoms with Crippen LogP contribution >= 0.6 is 11.3 Å². The molecule has 2 saturated heterocycles. The van der Waals surface area contributed by atoms with Crippen LogP contribution in [-0.4, -0.2) is 106 Å². The van der Waals surface area contributed by atoms with Gasteiger partial charge in [0, 0.05) is 45.7 Å². The first kappa shape index (κ1) is 29.2. The van der Waals surface area contributed by atoms with Crippen LogP contribution in [-0.2, 0) is 14.3 Å². The van der Waals surface area contributed by atoms with Crippen molar-refractivity contribution in [3.8, 4) is 0 Å². The number of hydrogen-bond donors (Lipinski definition) is 2. The lowest BCUT2D eigenvalue weighted by Crippen LogP contribution is -2.57. The van der Waals surface area contributed by atoms with Crippen molar-refractivity contribution in [1.29, 1.82) is 0 Å². The summed E-state index contributed by atoms with van der Waals surface area (Å²) in [5.74, 6) is -0.243. The Morgan fingerprint density at radius 3 is 2.54 bits per heavy atom. The van der Waals surface area contributed by atoms with Gasteiger partial charge in [-0.05, 0) is 52.5 Å².